The molecule has 1 aromatic rings. The number of carboxylic acids is 1. The highest BCUT2D eigenvalue weighted by molar-refractivity contribution is 7.80. The number of likely N-dealkylation sites (tertiary alicyclic amines) is 2. The molecule has 49 nitrogen and oxygen atoms in total. The number of aromatic nitrogens is 1. The maximum atomic E-state index is 14.9. The summed E-state index contributed by atoms with van der Waals surface area (Å²) in [4.78, 5) is 269. The zero-order valence-corrected chi connectivity index (χ0v) is 85.5. The Kier molecular flexibility index (Phi) is 66.6. The van der Waals surface area contributed by atoms with Crippen LogP contribution in [0.5, 0.6) is 0 Å². The third-order valence-corrected chi connectivity index (χ3v) is 25.3. The normalized spacial score (nSPS) is 16.0. The van der Waals surface area contributed by atoms with Gasteiger partial charge in [-0.1, -0.05) is 83.3 Å². The number of Topliss-reactive ketones (excluding diaryl/α,β-unsaturated/α-hetero) is 1. The van der Waals surface area contributed by atoms with Crippen LogP contribution >= 0.6 is 24.8 Å². The Labute approximate surface area is 858 Å². The number of aliphatic carboxylic acids is 1. The lowest BCUT2D eigenvalue weighted by molar-refractivity contribution is -0.143. The van der Waals surface area contributed by atoms with Crippen LogP contribution in [0.25, 0.3) is 0 Å². The molecular weight excluding hydrogens is 1930 g/mol. The smallest absolute Gasteiger partial charge is 0.305 e. The number of ketones is 1. The first-order valence-electron chi connectivity index (χ1n) is 51.0. The zero-order valence-electron chi connectivity index (χ0n) is 83.8. The van der Waals surface area contributed by atoms with Crippen molar-refractivity contribution < 1.29 is 117 Å². The molecule has 0 saturated carbocycles. The van der Waals surface area contributed by atoms with Gasteiger partial charge in [0.15, 0.2) is 5.78 Å². The highest BCUT2D eigenvalue weighted by Crippen LogP contribution is 2.24. The van der Waals surface area contributed by atoms with E-state index < -0.39 is 249 Å². The van der Waals surface area contributed by atoms with E-state index in [1.807, 2.05) is 0 Å². The zero-order chi connectivity index (χ0) is 108. The molecule has 3 rings (SSSR count). The highest BCUT2D eigenvalue weighted by atomic mass is 32.1. The van der Waals surface area contributed by atoms with Crippen LogP contribution in [0.3, 0.4) is 0 Å². The van der Waals surface area contributed by atoms with E-state index in [0.717, 1.165) is 30.6 Å². The van der Waals surface area contributed by atoms with Crippen molar-refractivity contribution in [2.75, 3.05) is 104 Å². The number of rotatable bonds is 80. The van der Waals surface area contributed by atoms with E-state index in [1.165, 1.54) is 55.7 Å². The number of amides is 17. The SMILES string of the molecule is CCCCCCCCCCCCCC(=O)NCC(=O)N[C@@H](CO)C(=O)N[C@@H](CO)C(=O)N[C@@H](CCCCN)C(=O)N[C@@H](CO)C(=O)N1CCC[C@H]1C(=O)N[C@@H](CO)C(=O)N[C@@H](CCCCN)C(=O)N[C@@H](CCCCN)C(=O)N[C@@H](CCCCN)C(=O)N[C@@H](CCCCN)C(=O)N[C@@H](CCCCN)C(=O)N[C@@H](CCCCN)C(=O)N1CCC[C@H]1C(=O)NCC(=O)N[C@@H](CC(=O)O)C(=O)N[C@@H](CS)C(=O)c1[c]c(=S)[nH]cc1. The van der Waals surface area contributed by atoms with Crippen molar-refractivity contribution >= 4 is 137 Å². The largest absolute Gasteiger partial charge is 0.481 e. The second-order valence-corrected chi connectivity index (χ2v) is 37.1. The average Bonchev–Trinajstić information content (AvgIpc) is 1.71. The summed E-state index contributed by atoms with van der Waals surface area (Å²) in [5.74, 6) is -18.0. The van der Waals surface area contributed by atoms with Crippen molar-refractivity contribution in [2.24, 2.45) is 40.1 Å². The summed E-state index contributed by atoms with van der Waals surface area (Å²) in [5, 5.41) is 89.0. The summed E-state index contributed by atoms with van der Waals surface area (Å²) in [7, 11) is 0. The maximum absolute atomic E-state index is 14.9. The minimum atomic E-state index is -1.81. The first-order valence-corrected chi connectivity index (χ1v) is 52.1. The second kappa shape index (κ2) is 75.2. The van der Waals surface area contributed by atoms with Gasteiger partial charge >= 0.3 is 5.97 Å². The van der Waals surface area contributed by atoms with E-state index in [1.54, 1.807) is 0 Å². The number of hydrogen-bond acceptors (Lipinski definition) is 32. The molecule has 2 aliphatic heterocycles. The number of carbonyl (C=O) groups is 19. The molecule has 0 unspecified atom stereocenters. The van der Waals surface area contributed by atoms with Crippen LogP contribution in [-0.2, 0) is 86.3 Å². The number of nitrogens with zero attached hydrogens (tertiary/aromatic N) is 2. The van der Waals surface area contributed by atoms with E-state index in [4.69, 9.17) is 52.4 Å². The lowest BCUT2D eigenvalue weighted by Crippen LogP contribution is -2.61. The summed E-state index contributed by atoms with van der Waals surface area (Å²) >= 11 is 9.21. The number of unbranched alkanes of at least 4 members (excludes halogenated alkanes) is 17. The summed E-state index contributed by atoms with van der Waals surface area (Å²) in [6.45, 7) is -2.29. The fourth-order valence-electron chi connectivity index (χ4n) is 16.4. The molecule has 1 radical (unpaired) electrons. The van der Waals surface area contributed by atoms with Gasteiger partial charge in [-0.2, -0.15) is 12.6 Å². The average molecular weight is 2090 g/mol. The van der Waals surface area contributed by atoms with Crippen LogP contribution in [0.4, 0.5) is 0 Å². The van der Waals surface area contributed by atoms with E-state index in [-0.39, 0.29) is 184 Å². The van der Waals surface area contributed by atoms with Crippen LogP contribution in [0.2, 0.25) is 0 Å². The molecule has 0 bridgehead atoms. The molecule has 35 N–H and O–H groups in total. The quantitative estimate of drug-likeness (QED) is 0.0125. The van der Waals surface area contributed by atoms with E-state index >= 15 is 0 Å². The fraction of sp³-hybridized carbons (Fsp3) is 0.745. The predicted octanol–water partition coefficient (Wildman–Crippen LogP) is -5.78. The topological polar surface area (TPSA) is 810 Å². The molecule has 17 amide bonds. The number of thiol groups is 1. The molecule has 821 valence electrons. The number of hydrogen-bond donors (Lipinski definition) is 29. The molecule has 145 heavy (non-hydrogen) atoms. The van der Waals surface area contributed by atoms with E-state index in [9.17, 15) is 117 Å². The van der Waals surface area contributed by atoms with Gasteiger partial charge in [-0.05, 0) is 219 Å². The second-order valence-electron chi connectivity index (χ2n) is 36.3. The number of carbonyl (C=O) groups excluding carboxylic acids is 18. The number of aliphatic hydroxyl groups excluding tert-OH is 4. The van der Waals surface area contributed by atoms with Crippen molar-refractivity contribution in [3.05, 3.63) is 28.5 Å². The fourth-order valence-corrected chi connectivity index (χ4v) is 16.8. The van der Waals surface area contributed by atoms with Gasteiger partial charge in [0.25, 0.3) is 0 Å². The molecule has 3 heterocycles. The molecule has 2 aliphatic rings. The number of nitrogens with two attached hydrogens (primary N) is 7. The molecule has 0 aromatic carbocycles. The minimum Gasteiger partial charge on any atom is -0.481 e. The number of nitrogens with one attached hydrogen (secondary N) is 16. The lowest BCUT2D eigenvalue weighted by atomic mass is 10.0. The Bertz CT molecular complexity index is 4260. The molecule has 51 heteroatoms. The molecule has 2 saturated heterocycles. The highest BCUT2D eigenvalue weighted by Gasteiger charge is 2.44. The summed E-state index contributed by atoms with van der Waals surface area (Å²) in [6.07, 6.45) is 16.7. The van der Waals surface area contributed by atoms with Crippen molar-refractivity contribution in [3.63, 3.8) is 0 Å². The van der Waals surface area contributed by atoms with E-state index in [0.29, 0.717) is 64.2 Å². The monoisotopic (exact) mass is 2090 g/mol. The molecule has 0 spiro atoms. The van der Waals surface area contributed by atoms with E-state index in [2.05, 4.69) is 110 Å². The molecule has 0 aliphatic carbocycles. The van der Waals surface area contributed by atoms with Crippen molar-refractivity contribution in [2.45, 2.75) is 342 Å². The van der Waals surface area contributed by atoms with Gasteiger partial charge in [-0.25, -0.2) is 0 Å². The molecule has 2 fully saturated rings. The van der Waals surface area contributed by atoms with Crippen molar-refractivity contribution in [3.8, 4) is 0 Å². The molecule has 15 atom stereocenters. The molecular formula is C94H164N25O24S2. The van der Waals surface area contributed by atoms with Gasteiger partial charge in [-0.15, -0.1) is 0 Å². The summed E-state index contributed by atoms with van der Waals surface area (Å²) in [6, 6.07) is -18.8. The number of aliphatic hydroxyl groups is 4. The number of H-pyrrole nitrogens is 1. The third kappa shape index (κ3) is 49.6. The van der Waals surface area contributed by atoms with Crippen LogP contribution in [0.15, 0.2) is 12.3 Å². The van der Waals surface area contributed by atoms with Crippen molar-refractivity contribution in [1.29, 1.82) is 0 Å². The summed E-state index contributed by atoms with van der Waals surface area (Å²) < 4.78 is 0.0924. The van der Waals surface area contributed by atoms with Gasteiger partial charge in [0.2, 0.25) is 100 Å². The van der Waals surface area contributed by atoms with Gasteiger partial charge in [0.1, 0.15) is 95.3 Å². The predicted molar refractivity (Wildman–Crippen MR) is 541 cm³/mol. The minimum absolute atomic E-state index is 0.00408. The number of aromatic amines is 1. The Morgan fingerprint density at radius 3 is 1.02 bits per heavy atom. The Morgan fingerprint density at radius 2 is 0.662 bits per heavy atom. The van der Waals surface area contributed by atoms with Gasteiger partial charge in [0.05, 0.1) is 45.9 Å². The Morgan fingerprint density at radius 1 is 0.366 bits per heavy atom. The van der Waals surface area contributed by atoms with Crippen LogP contribution in [0.1, 0.15) is 261 Å². The Hall–Kier alpha value is -10.6. The lowest BCUT2D eigenvalue weighted by Gasteiger charge is -2.30. The van der Waals surface area contributed by atoms with Gasteiger partial charge in [-0.3, -0.25) is 91.1 Å². The van der Waals surface area contributed by atoms with Crippen LogP contribution in [-0.4, -0.2) is 347 Å². The number of carboxylic acid groups (broad SMARTS) is 1. The van der Waals surface area contributed by atoms with Crippen molar-refractivity contribution in [1.82, 2.24) is 94.5 Å². The first kappa shape index (κ1) is 129. The Balaban J connectivity index is 1.82. The maximum Gasteiger partial charge on any atom is 0.305 e. The number of pyridine rings is 1. The third-order valence-electron chi connectivity index (χ3n) is 24.7. The standard InChI is InChI=1S/C94H164N25O24S2/c1-2-3-4-5-6-7-8-9-10-11-12-38-75(124)103-52-76(125)106-68(54-120)88(137)114-69(55-121)89(138)112-65(34-18-25-45-100)86(135)116-71(57-123)94(143)119-49-28-37-74(119)92(141)115-70(56-122)90(139)111-63(32-16-23-43-98)84(133)109-61(30-14-21-41-96)82(131)107-60(29-13-20-40-95)81(130)108-62(31-15-22-42-97)83(132)110-64(33-17-24-44-99)85(134)113-66(35-19-26-46-101)93(142)118-48-27-36-73(118)91(140)104-53-77(126)105-67(51-79(127)128)87(136)117-72(58-144)80(129)59-39-47-102-78(145)50-59/h39,47,60-74,120-123,144H,2-38,40-46,48-49,51-58,95-101H2,1H3,(H,102,145)(H,103,124)(H,104,140)(H,105,126)(H,106,125)(H,107,131)(H,108,130)(H,109,133)(H,110,132)(H,111,139)(H,112,138)(H,113,134)(H,114,137)(H,115,141)(H,116,135)(H,117,136)(H,127,128)/t60-,61-,62-,63-,64-,65-,66-,67-,68-,69-,70-,71-,72-,73-,74-/m0/s1. The van der Waals surface area contributed by atoms with Crippen LogP contribution < -0.4 is 120 Å². The van der Waals surface area contributed by atoms with Crippen LogP contribution in [0, 0.1) is 10.7 Å². The molecule has 1 aromatic heterocycles. The summed E-state index contributed by atoms with van der Waals surface area (Å²) in [5.41, 5.74) is 41.1. The van der Waals surface area contributed by atoms with Gasteiger partial charge < -0.3 is 160 Å². The van der Waals surface area contributed by atoms with Gasteiger partial charge in [0, 0.05) is 43.1 Å². The first-order chi connectivity index (χ1) is 69.6.